The Labute approximate surface area is 304 Å². The molecule has 1 atom stereocenters. The van der Waals surface area contributed by atoms with Crippen LogP contribution in [-0.4, -0.2) is 172 Å². The lowest BCUT2D eigenvalue weighted by Gasteiger charge is -2.10. The van der Waals surface area contributed by atoms with E-state index in [1.54, 1.807) is 0 Å². The van der Waals surface area contributed by atoms with Crippen LogP contribution in [0.4, 0.5) is 0 Å². The molecule has 0 N–H and O–H groups in total. The number of ether oxygens (including phenoxy) is 13. The molecule has 50 heavy (non-hydrogen) atoms. The molecule has 0 radical (unpaired) electrons. The minimum absolute atomic E-state index is 0.516. The van der Waals surface area contributed by atoms with Crippen molar-refractivity contribution in [1.29, 1.82) is 0 Å². The summed E-state index contributed by atoms with van der Waals surface area (Å²) in [5, 5.41) is 0. The second-order valence-corrected chi connectivity index (χ2v) is 11.7. The maximum atomic E-state index is 5.59. The summed E-state index contributed by atoms with van der Waals surface area (Å²) in [6.07, 6.45) is 8.82. The zero-order valence-electron chi connectivity index (χ0n) is 32.2. The van der Waals surface area contributed by atoms with Crippen molar-refractivity contribution in [3.8, 4) is 0 Å². The molecule has 13 heteroatoms. The highest BCUT2D eigenvalue weighted by Gasteiger charge is 1.99. The first-order valence-corrected chi connectivity index (χ1v) is 19.3. The van der Waals surface area contributed by atoms with Crippen molar-refractivity contribution in [3.05, 3.63) is 0 Å². The average Bonchev–Trinajstić information content (AvgIpc) is 3.13. The third-order valence-corrected chi connectivity index (χ3v) is 7.21. The first-order chi connectivity index (χ1) is 24.8. The standard InChI is InChI=1S/C37H76O13/c1-4-6-7-8-9-10-11-38-12-13-39-14-15-40-16-17-41-18-19-42-20-21-43-22-23-44-24-25-45-26-27-46-28-29-47-30-31-48-32-33-49-34-35-50-36-37(3)5-2/h37H,4-36H2,1-3H3. The number of hydrogen-bond donors (Lipinski definition) is 0. The van der Waals surface area contributed by atoms with Crippen LogP contribution in [0, 0.1) is 5.92 Å². The lowest BCUT2D eigenvalue weighted by molar-refractivity contribution is -0.0292. The van der Waals surface area contributed by atoms with Crippen LogP contribution in [0.3, 0.4) is 0 Å². The zero-order valence-corrected chi connectivity index (χ0v) is 32.2. The molecule has 0 saturated carbocycles. The van der Waals surface area contributed by atoms with Gasteiger partial charge in [0, 0.05) is 13.2 Å². The Bertz CT molecular complexity index is 592. The summed E-state index contributed by atoms with van der Waals surface area (Å²) in [5.74, 6) is 0.598. The third kappa shape index (κ3) is 45.5. The number of hydrogen-bond acceptors (Lipinski definition) is 13. The van der Waals surface area contributed by atoms with Gasteiger partial charge in [-0.3, -0.25) is 0 Å². The van der Waals surface area contributed by atoms with E-state index < -0.39 is 0 Å². The summed E-state index contributed by atoms with van der Waals surface area (Å²) >= 11 is 0. The normalized spacial score (nSPS) is 12.3. The van der Waals surface area contributed by atoms with Crippen LogP contribution >= 0.6 is 0 Å². The molecule has 0 aliphatic rings. The Kier molecular flexibility index (Phi) is 46.0. The molecular formula is C37H76O13. The van der Waals surface area contributed by atoms with Gasteiger partial charge in [-0.25, -0.2) is 0 Å². The summed E-state index contributed by atoms with van der Waals surface area (Å²) in [6.45, 7) is 21.3. The van der Waals surface area contributed by atoms with Gasteiger partial charge in [0.05, 0.1) is 159 Å². The van der Waals surface area contributed by atoms with E-state index in [2.05, 4.69) is 20.8 Å². The van der Waals surface area contributed by atoms with E-state index in [0.29, 0.717) is 164 Å². The fraction of sp³-hybridized carbons (Fsp3) is 1.00. The van der Waals surface area contributed by atoms with Gasteiger partial charge in [0.1, 0.15) is 0 Å². The van der Waals surface area contributed by atoms with Gasteiger partial charge in [-0.15, -0.1) is 0 Å². The second-order valence-electron chi connectivity index (χ2n) is 11.7. The largest absolute Gasteiger partial charge is 0.379 e. The van der Waals surface area contributed by atoms with E-state index >= 15 is 0 Å². The Morgan fingerprint density at radius 1 is 0.260 bits per heavy atom. The molecule has 302 valence electrons. The molecule has 0 fully saturated rings. The Morgan fingerprint density at radius 2 is 0.480 bits per heavy atom. The number of unbranched alkanes of at least 4 members (excludes halogenated alkanes) is 5. The van der Waals surface area contributed by atoms with E-state index in [1.165, 1.54) is 32.1 Å². The zero-order chi connectivity index (χ0) is 36.1. The molecule has 0 heterocycles. The summed E-state index contributed by atoms with van der Waals surface area (Å²) in [6, 6.07) is 0. The Morgan fingerprint density at radius 3 is 0.740 bits per heavy atom. The van der Waals surface area contributed by atoms with Crippen LogP contribution < -0.4 is 0 Å². The Balaban J connectivity index is 3.05. The predicted octanol–water partition coefficient (Wildman–Crippen LogP) is 4.61. The molecular weight excluding hydrogens is 652 g/mol. The van der Waals surface area contributed by atoms with Crippen molar-refractivity contribution < 1.29 is 61.6 Å². The molecule has 0 rings (SSSR count). The average molecular weight is 729 g/mol. The van der Waals surface area contributed by atoms with Crippen molar-refractivity contribution in [3.63, 3.8) is 0 Å². The third-order valence-electron chi connectivity index (χ3n) is 7.21. The van der Waals surface area contributed by atoms with E-state index in [9.17, 15) is 0 Å². The molecule has 0 aliphatic carbocycles. The van der Waals surface area contributed by atoms with Gasteiger partial charge in [-0.2, -0.15) is 0 Å². The predicted molar refractivity (Wildman–Crippen MR) is 193 cm³/mol. The van der Waals surface area contributed by atoms with Gasteiger partial charge in [-0.1, -0.05) is 59.3 Å². The monoisotopic (exact) mass is 729 g/mol. The molecule has 0 amide bonds. The fourth-order valence-electron chi connectivity index (χ4n) is 4.03. The van der Waals surface area contributed by atoms with Crippen LogP contribution in [0.5, 0.6) is 0 Å². The van der Waals surface area contributed by atoms with E-state index in [-0.39, 0.29) is 0 Å². The molecule has 0 aromatic carbocycles. The molecule has 0 bridgehead atoms. The van der Waals surface area contributed by atoms with E-state index in [0.717, 1.165) is 26.1 Å². The quantitative estimate of drug-likeness (QED) is 0.0813. The maximum absolute atomic E-state index is 5.59. The molecule has 0 saturated heterocycles. The highest BCUT2D eigenvalue weighted by Crippen LogP contribution is 2.05. The van der Waals surface area contributed by atoms with Crippen LogP contribution in [0.1, 0.15) is 65.7 Å². The first-order valence-electron chi connectivity index (χ1n) is 19.3. The summed E-state index contributed by atoms with van der Waals surface area (Å²) < 4.78 is 71.6. The lowest BCUT2D eigenvalue weighted by atomic mass is 10.1. The van der Waals surface area contributed by atoms with Crippen LogP contribution in [0.25, 0.3) is 0 Å². The first kappa shape index (κ1) is 49.5. The van der Waals surface area contributed by atoms with Crippen LogP contribution in [0.2, 0.25) is 0 Å². The highest BCUT2D eigenvalue weighted by atomic mass is 16.6. The summed E-state index contributed by atoms with van der Waals surface area (Å²) in [5.41, 5.74) is 0. The molecule has 0 spiro atoms. The maximum Gasteiger partial charge on any atom is 0.0701 e. The summed E-state index contributed by atoms with van der Waals surface area (Å²) in [4.78, 5) is 0. The minimum atomic E-state index is 0.516. The fourth-order valence-corrected chi connectivity index (χ4v) is 4.03. The van der Waals surface area contributed by atoms with E-state index in [1.807, 2.05) is 0 Å². The topological polar surface area (TPSA) is 120 Å². The van der Waals surface area contributed by atoms with Gasteiger partial charge in [-0.05, 0) is 12.3 Å². The van der Waals surface area contributed by atoms with Crippen molar-refractivity contribution in [2.75, 3.05) is 172 Å². The second kappa shape index (κ2) is 46.5. The van der Waals surface area contributed by atoms with Gasteiger partial charge in [0.25, 0.3) is 0 Å². The van der Waals surface area contributed by atoms with Crippen molar-refractivity contribution in [1.82, 2.24) is 0 Å². The SMILES string of the molecule is CCCCCCCCOCCOCCOCCOCCOCCOCCOCCOCCOCCOCCOCCOCCOCC(C)CC. The van der Waals surface area contributed by atoms with Crippen LogP contribution in [0.15, 0.2) is 0 Å². The van der Waals surface area contributed by atoms with E-state index in [4.69, 9.17) is 61.6 Å². The van der Waals surface area contributed by atoms with Gasteiger partial charge >= 0.3 is 0 Å². The minimum Gasteiger partial charge on any atom is -0.379 e. The van der Waals surface area contributed by atoms with Crippen molar-refractivity contribution in [2.45, 2.75) is 65.7 Å². The summed E-state index contributed by atoms with van der Waals surface area (Å²) in [7, 11) is 0. The van der Waals surface area contributed by atoms with Gasteiger partial charge in [0.2, 0.25) is 0 Å². The molecule has 1 unspecified atom stereocenters. The van der Waals surface area contributed by atoms with Gasteiger partial charge in [0.15, 0.2) is 0 Å². The molecule has 0 aromatic rings. The number of rotatable bonds is 46. The van der Waals surface area contributed by atoms with Crippen molar-refractivity contribution >= 4 is 0 Å². The van der Waals surface area contributed by atoms with Crippen molar-refractivity contribution in [2.24, 2.45) is 5.92 Å². The smallest absolute Gasteiger partial charge is 0.0701 e. The van der Waals surface area contributed by atoms with Crippen LogP contribution in [-0.2, 0) is 61.6 Å². The highest BCUT2D eigenvalue weighted by molar-refractivity contribution is 4.46. The Hall–Kier alpha value is -0.520. The lowest BCUT2D eigenvalue weighted by Crippen LogP contribution is -2.15. The molecule has 13 nitrogen and oxygen atoms in total. The van der Waals surface area contributed by atoms with Gasteiger partial charge < -0.3 is 61.6 Å². The molecule has 0 aliphatic heterocycles. The molecule has 0 aromatic heterocycles.